The summed E-state index contributed by atoms with van der Waals surface area (Å²) in [6.45, 7) is 1.83. The van der Waals surface area contributed by atoms with E-state index in [0.29, 0.717) is 5.56 Å². The van der Waals surface area contributed by atoms with Gasteiger partial charge in [-0.15, -0.1) is 0 Å². The van der Waals surface area contributed by atoms with Gasteiger partial charge >= 0.3 is 6.03 Å². The summed E-state index contributed by atoms with van der Waals surface area (Å²) in [7, 11) is -3.80. The molecule has 7 heteroatoms. The molecular weight excluding hydrogens is 362 g/mol. The lowest BCUT2D eigenvalue weighted by molar-refractivity contribution is 0.256. The maximum absolute atomic E-state index is 12.5. The van der Waals surface area contributed by atoms with Gasteiger partial charge in [-0.25, -0.2) is 17.9 Å². The molecule has 2 aliphatic rings. The van der Waals surface area contributed by atoms with Crippen LogP contribution in [0.5, 0.6) is 0 Å². The lowest BCUT2D eigenvalue weighted by Gasteiger charge is -2.16. The molecular formula is C20H23N3O3S. The number of fused-ring (bicyclic) bond motifs is 2. The number of sulfonamides is 1. The van der Waals surface area contributed by atoms with Crippen molar-refractivity contribution in [1.82, 2.24) is 9.71 Å². The number of nitrogens with one attached hydrogen (secondary N) is 2. The Hall–Kier alpha value is -2.41. The molecule has 0 aliphatic heterocycles. The number of aromatic nitrogens is 1. The number of hydrogen-bond acceptors (Lipinski definition) is 4. The molecule has 2 aliphatic carbocycles. The molecule has 2 N–H and O–H groups in total. The van der Waals surface area contributed by atoms with Crippen LogP contribution in [0.4, 0.5) is 10.5 Å². The molecule has 1 heterocycles. The van der Waals surface area contributed by atoms with E-state index in [1.807, 2.05) is 6.92 Å². The Morgan fingerprint density at radius 3 is 2.33 bits per heavy atom. The van der Waals surface area contributed by atoms with Crippen LogP contribution in [-0.4, -0.2) is 19.4 Å². The highest BCUT2D eigenvalue weighted by Gasteiger charge is 2.26. The molecule has 0 fully saturated rings. The fourth-order valence-electron chi connectivity index (χ4n) is 4.09. The molecule has 0 bridgehead atoms. The molecule has 4 rings (SSSR count). The van der Waals surface area contributed by atoms with Crippen LogP contribution in [0.2, 0.25) is 0 Å². The van der Waals surface area contributed by atoms with E-state index in [9.17, 15) is 13.2 Å². The zero-order valence-electron chi connectivity index (χ0n) is 15.3. The Labute approximate surface area is 159 Å². The number of amides is 2. The van der Waals surface area contributed by atoms with E-state index in [4.69, 9.17) is 0 Å². The van der Waals surface area contributed by atoms with Gasteiger partial charge in [0.2, 0.25) is 10.0 Å². The van der Waals surface area contributed by atoms with Gasteiger partial charge in [-0.05, 0) is 79.3 Å². The molecule has 6 nitrogen and oxygen atoms in total. The molecule has 0 saturated heterocycles. The summed E-state index contributed by atoms with van der Waals surface area (Å²) in [5, 5.41) is 2.85. The van der Waals surface area contributed by atoms with Gasteiger partial charge in [0.15, 0.2) is 0 Å². The minimum atomic E-state index is -3.80. The molecule has 0 unspecified atom stereocenters. The highest BCUT2D eigenvalue weighted by atomic mass is 32.2. The summed E-state index contributed by atoms with van der Waals surface area (Å²) in [4.78, 5) is 16.6. The summed E-state index contributed by atoms with van der Waals surface area (Å²) in [5.41, 5.74) is 7.12. The van der Waals surface area contributed by atoms with Crippen LogP contribution in [-0.2, 0) is 41.5 Å². The van der Waals surface area contributed by atoms with Gasteiger partial charge in [-0.3, -0.25) is 4.98 Å². The van der Waals surface area contributed by atoms with Gasteiger partial charge in [0.25, 0.3) is 0 Å². The monoisotopic (exact) mass is 385 g/mol. The highest BCUT2D eigenvalue weighted by molar-refractivity contribution is 7.89. The molecule has 0 saturated carbocycles. The van der Waals surface area contributed by atoms with Crippen LogP contribution < -0.4 is 10.0 Å². The molecule has 142 valence electrons. The zero-order valence-corrected chi connectivity index (χ0v) is 16.2. The van der Waals surface area contributed by atoms with Crippen molar-refractivity contribution in [1.29, 1.82) is 0 Å². The normalized spacial score (nSPS) is 15.3. The number of rotatable bonds is 4. The summed E-state index contributed by atoms with van der Waals surface area (Å²) in [6.07, 6.45) is 7.58. The zero-order chi connectivity index (χ0) is 19.0. The van der Waals surface area contributed by atoms with Crippen molar-refractivity contribution < 1.29 is 13.2 Å². The predicted molar refractivity (Wildman–Crippen MR) is 104 cm³/mol. The second-order valence-electron chi connectivity index (χ2n) is 7.36. The standard InChI is InChI=1S/C20H23N3O3S/c1-13-8-9-14(11-21-13)12-27(25,26)23-20(24)22-19-17-6-2-4-15(17)10-16-5-3-7-18(16)19/h8-11H,2-7,12H2,1H3,(H2,22,23,24). The number of anilines is 1. The van der Waals surface area contributed by atoms with Gasteiger partial charge in [-0.1, -0.05) is 12.1 Å². The molecule has 0 radical (unpaired) electrons. The van der Waals surface area contributed by atoms with E-state index in [1.165, 1.54) is 28.5 Å². The number of hydrogen-bond donors (Lipinski definition) is 2. The Bertz CT molecular complexity index is 966. The van der Waals surface area contributed by atoms with Crippen LogP contribution in [0, 0.1) is 6.92 Å². The van der Waals surface area contributed by atoms with Crippen molar-refractivity contribution in [2.75, 3.05) is 5.32 Å². The number of urea groups is 1. The van der Waals surface area contributed by atoms with Gasteiger partial charge in [-0.2, -0.15) is 0 Å². The lowest BCUT2D eigenvalue weighted by atomic mass is 9.99. The van der Waals surface area contributed by atoms with Gasteiger partial charge in [0, 0.05) is 17.6 Å². The van der Waals surface area contributed by atoms with E-state index < -0.39 is 16.1 Å². The Kier molecular flexibility index (Phi) is 4.63. The van der Waals surface area contributed by atoms with E-state index in [2.05, 4.69) is 21.1 Å². The minimum absolute atomic E-state index is 0.279. The second kappa shape index (κ2) is 6.96. The first kappa shape index (κ1) is 18.0. The number of pyridine rings is 1. The fraction of sp³-hybridized carbons (Fsp3) is 0.400. The molecule has 2 aromatic rings. The number of aryl methyl sites for hydroxylation is 3. The minimum Gasteiger partial charge on any atom is -0.307 e. The number of nitrogens with zero attached hydrogens (tertiary/aromatic N) is 1. The third kappa shape index (κ3) is 3.83. The van der Waals surface area contributed by atoms with Gasteiger partial charge < -0.3 is 5.32 Å². The largest absolute Gasteiger partial charge is 0.332 e. The second-order valence-corrected chi connectivity index (χ2v) is 9.08. The summed E-state index contributed by atoms with van der Waals surface area (Å²) < 4.78 is 26.9. The van der Waals surface area contributed by atoms with Crippen LogP contribution in [0.1, 0.15) is 46.4 Å². The lowest BCUT2D eigenvalue weighted by Crippen LogP contribution is -2.35. The quantitative estimate of drug-likeness (QED) is 0.847. The third-order valence-corrected chi connectivity index (χ3v) is 6.50. The van der Waals surface area contributed by atoms with E-state index in [1.54, 1.807) is 12.1 Å². The molecule has 27 heavy (non-hydrogen) atoms. The van der Waals surface area contributed by atoms with Crippen molar-refractivity contribution in [3.05, 3.63) is 57.9 Å². The first-order chi connectivity index (χ1) is 12.9. The van der Waals surface area contributed by atoms with Crippen molar-refractivity contribution in [3.63, 3.8) is 0 Å². The predicted octanol–water partition coefficient (Wildman–Crippen LogP) is 3.02. The summed E-state index contributed by atoms with van der Waals surface area (Å²) in [5.74, 6) is -0.279. The van der Waals surface area contributed by atoms with Crippen LogP contribution in [0.15, 0.2) is 24.4 Å². The van der Waals surface area contributed by atoms with Crippen molar-refractivity contribution in [2.45, 2.75) is 51.2 Å². The Morgan fingerprint density at radius 2 is 1.74 bits per heavy atom. The van der Waals surface area contributed by atoms with Gasteiger partial charge in [0.05, 0.1) is 5.75 Å². The molecule has 0 spiro atoms. The highest BCUT2D eigenvalue weighted by Crippen LogP contribution is 2.38. The number of carbonyl (C=O) groups excluding carboxylic acids is 1. The average Bonchev–Trinajstić information content (AvgIpc) is 3.25. The van der Waals surface area contributed by atoms with E-state index in [0.717, 1.165) is 49.9 Å². The van der Waals surface area contributed by atoms with Crippen molar-refractivity contribution in [2.24, 2.45) is 0 Å². The fourth-order valence-corrected chi connectivity index (χ4v) is 5.10. The van der Waals surface area contributed by atoms with Gasteiger partial charge in [0.1, 0.15) is 0 Å². The maximum Gasteiger partial charge on any atom is 0.332 e. The SMILES string of the molecule is Cc1ccc(CS(=O)(=O)NC(=O)Nc2c3c(cc4c2CCC4)CCC3)cn1. The summed E-state index contributed by atoms with van der Waals surface area (Å²) in [6, 6.07) is 5.04. The van der Waals surface area contributed by atoms with Crippen LogP contribution in [0.25, 0.3) is 0 Å². The molecule has 1 aromatic heterocycles. The van der Waals surface area contributed by atoms with E-state index >= 15 is 0 Å². The third-order valence-electron chi connectivity index (χ3n) is 5.29. The molecule has 1 aromatic carbocycles. The van der Waals surface area contributed by atoms with Crippen LogP contribution >= 0.6 is 0 Å². The molecule has 0 atom stereocenters. The maximum atomic E-state index is 12.5. The topological polar surface area (TPSA) is 88.2 Å². The average molecular weight is 385 g/mol. The first-order valence-corrected chi connectivity index (χ1v) is 11.0. The first-order valence-electron chi connectivity index (χ1n) is 9.31. The Morgan fingerprint density at radius 1 is 1.07 bits per heavy atom. The van der Waals surface area contributed by atoms with Crippen LogP contribution in [0.3, 0.4) is 0 Å². The number of carbonyl (C=O) groups is 1. The van der Waals surface area contributed by atoms with E-state index in [-0.39, 0.29) is 5.75 Å². The Balaban J connectivity index is 1.51. The van der Waals surface area contributed by atoms with Crippen molar-refractivity contribution in [3.8, 4) is 0 Å². The van der Waals surface area contributed by atoms with Crippen molar-refractivity contribution >= 4 is 21.7 Å². The smallest absolute Gasteiger partial charge is 0.307 e. The number of benzene rings is 1. The molecule has 2 amide bonds. The summed E-state index contributed by atoms with van der Waals surface area (Å²) >= 11 is 0.